The predicted octanol–water partition coefficient (Wildman–Crippen LogP) is 5.73. The van der Waals surface area contributed by atoms with E-state index in [4.69, 9.17) is 16.3 Å². The Bertz CT molecular complexity index is 849. The van der Waals surface area contributed by atoms with Gasteiger partial charge in [0.2, 0.25) is 0 Å². The first kappa shape index (κ1) is 20.2. The van der Waals surface area contributed by atoms with Crippen molar-refractivity contribution in [2.75, 3.05) is 0 Å². The molecule has 0 atom stereocenters. The Hall–Kier alpha value is -1.55. The molecule has 3 rings (SSSR count). The normalized spacial score (nSPS) is 15.3. The van der Waals surface area contributed by atoms with Crippen molar-refractivity contribution in [3.63, 3.8) is 0 Å². The zero-order valence-corrected chi connectivity index (χ0v) is 17.3. The van der Waals surface area contributed by atoms with E-state index in [9.17, 15) is 5.11 Å². The Morgan fingerprint density at radius 2 is 1.56 bits per heavy atom. The number of benzene rings is 2. The van der Waals surface area contributed by atoms with E-state index in [1.807, 2.05) is 39.5 Å². The second-order valence-corrected chi connectivity index (χ2v) is 8.60. The maximum atomic E-state index is 10.5. The van der Waals surface area contributed by atoms with Crippen molar-refractivity contribution in [2.24, 2.45) is 0 Å². The molecule has 0 saturated heterocycles. The molecule has 141 valence electrons. The highest BCUT2D eigenvalue weighted by Crippen LogP contribution is 2.38. The zero-order valence-electron chi connectivity index (χ0n) is 16.6. The van der Waals surface area contributed by atoms with Crippen LogP contribution in [-0.4, -0.2) is 23.8 Å². The molecule has 27 heavy (non-hydrogen) atoms. The minimum Gasteiger partial charge on any atom is -0.427 e. The molecular formula is C23H27BClO2. The number of aryl methyl sites for hydroxylation is 1. The fourth-order valence-electron chi connectivity index (χ4n) is 3.22. The molecule has 0 fully saturated rings. The summed E-state index contributed by atoms with van der Waals surface area (Å²) in [6.07, 6.45) is 3.01. The van der Waals surface area contributed by atoms with Crippen LogP contribution < -0.4 is 0 Å². The standard InChI is InChI=1S/C23H27BClO2/c1-22(2,26)23(3,4)27-24-21-17-12-6-5-10-16(17)11-9-14-19(21)18-13-7-8-15-20(18)25/h5-8,10,12-13,15,26H,9,11,14H2,1-4H3. The molecule has 0 aliphatic heterocycles. The van der Waals surface area contributed by atoms with Crippen LogP contribution in [-0.2, 0) is 11.1 Å². The van der Waals surface area contributed by atoms with Crippen molar-refractivity contribution in [3.05, 3.63) is 70.2 Å². The molecule has 1 N–H and O–H groups in total. The number of fused-ring (bicyclic) bond motifs is 1. The van der Waals surface area contributed by atoms with E-state index in [0.717, 1.165) is 35.3 Å². The van der Waals surface area contributed by atoms with E-state index < -0.39 is 11.2 Å². The molecule has 0 spiro atoms. The number of hydrogen-bond donors (Lipinski definition) is 1. The Labute approximate surface area is 168 Å². The molecule has 2 aromatic carbocycles. The number of allylic oxidation sites excluding steroid dienone is 1. The van der Waals surface area contributed by atoms with Gasteiger partial charge in [-0.25, -0.2) is 0 Å². The van der Waals surface area contributed by atoms with Gasteiger partial charge in [0.15, 0.2) is 0 Å². The molecule has 1 radical (unpaired) electrons. The van der Waals surface area contributed by atoms with E-state index in [1.165, 1.54) is 16.7 Å². The Morgan fingerprint density at radius 1 is 0.926 bits per heavy atom. The van der Waals surface area contributed by atoms with E-state index in [0.29, 0.717) is 0 Å². The van der Waals surface area contributed by atoms with E-state index in [1.54, 1.807) is 13.8 Å². The van der Waals surface area contributed by atoms with Crippen LogP contribution in [0.15, 0.2) is 48.5 Å². The van der Waals surface area contributed by atoms with Gasteiger partial charge in [0, 0.05) is 5.02 Å². The van der Waals surface area contributed by atoms with E-state index in [-0.39, 0.29) is 0 Å². The summed E-state index contributed by atoms with van der Waals surface area (Å²) in [6, 6.07) is 16.4. The molecule has 1 aliphatic rings. The molecule has 0 amide bonds. The Balaban J connectivity index is 2.10. The van der Waals surface area contributed by atoms with Crippen molar-refractivity contribution in [3.8, 4) is 0 Å². The highest BCUT2D eigenvalue weighted by Gasteiger charge is 2.36. The lowest BCUT2D eigenvalue weighted by molar-refractivity contribution is -0.0892. The van der Waals surface area contributed by atoms with Gasteiger partial charge in [-0.3, -0.25) is 0 Å². The molecule has 2 aromatic rings. The van der Waals surface area contributed by atoms with Crippen molar-refractivity contribution in [1.82, 2.24) is 0 Å². The summed E-state index contributed by atoms with van der Waals surface area (Å²) >= 11 is 6.54. The average molecular weight is 382 g/mol. The van der Waals surface area contributed by atoms with Gasteiger partial charge in [0.05, 0.1) is 11.2 Å². The van der Waals surface area contributed by atoms with Crippen LogP contribution in [0.3, 0.4) is 0 Å². The van der Waals surface area contributed by atoms with Crippen LogP contribution in [0, 0.1) is 0 Å². The topological polar surface area (TPSA) is 29.5 Å². The zero-order chi connectivity index (χ0) is 19.7. The molecule has 0 heterocycles. The molecule has 1 aliphatic carbocycles. The summed E-state index contributed by atoms with van der Waals surface area (Å²) in [6.45, 7) is 7.35. The van der Waals surface area contributed by atoms with Crippen molar-refractivity contribution >= 4 is 30.1 Å². The molecule has 0 unspecified atom stereocenters. The quantitative estimate of drug-likeness (QED) is 0.670. The highest BCUT2D eigenvalue weighted by atomic mass is 35.5. The molecule has 0 aromatic heterocycles. The first-order valence-electron chi connectivity index (χ1n) is 9.50. The minimum absolute atomic E-state index is 0.729. The highest BCUT2D eigenvalue weighted by molar-refractivity contribution is 6.59. The number of hydrogen-bond acceptors (Lipinski definition) is 2. The van der Waals surface area contributed by atoms with Gasteiger partial charge in [-0.1, -0.05) is 54.1 Å². The first-order valence-corrected chi connectivity index (χ1v) is 9.88. The van der Waals surface area contributed by atoms with Crippen molar-refractivity contribution in [2.45, 2.75) is 58.2 Å². The lowest BCUT2D eigenvalue weighted by atomic mass is 9.74. The second kappa shape index (κ2) is 7.83. The third kappa shape index (κ3) is 4.32. The maximum Gasteiger partial charge on any atom is 0.331 e. The Kier molecular flexibility index (Phi) is 5.86. The van der Waals surface area contributed by atoms with Crippen LogP contribution in [0.2, 0.25) is 5.02 Å². The third-order valence-electron chi connectivity index (χ3n) is 5.65. The number of halogens is 1. The fraction of sp³-hybridized carbons (Fsp3) is 0.391. The van der Waals surface area contributed by atoms with Gasteiger partial charge in [-0.2, -0.15) is 0 Å². The first-order chi connectivity index (χ1) is 12.7. The summed E-state index contributed by atoms with van der Waals surface area (Å²) in [7, 11) is 1.82. The van der Waals surface area contributed by atoms with Crippen LogP contribution in [0.25, 0.3) is 11.0 Å². The van der Waals surface area contributed by atoms with Gasteiger partial charge in [0.1, 0.15) is 0 Å². The molecular weight excluding hydrogens is 355 g/mol. The summed E-state index contributed by atoms with van der Waals surface area (Å²) in [5.74, 6) is 0. The van der Waals surface area contributed by atoms with Crippen molar-refractivity contribution in [1.29, 1.82) is 0 Å². The minimum atomic E-state index is -0.973. The van der Waals surface area contributed by atoms with Crippen LogP contribution in [0.4, 0.5) is 0 Å². The van der Waals surface area contributed by atoms with Gasteiger partial charge in [-0.05, 0) is 80.8 Å². The summed E-state index contributed by atoms with van der Waals surface area (Å²) in [5.41, 5.74) is 4.08. The molecule has 0 saturated carbocycles. The van der Waals surface area contributed by atoms with Gasteiger partial charge < -0.3 is 9.76 Å². The summed E-state index contributed by atoms with van der Waals surface area (Å²) in [4.78, 5) is 0. The van der Waals surface area contributed by atoms with Gasteiger partial charge in [-0.15, -0.1) is 0 Å². The Morgan fingerprint density at radius 3 is 2.22 bits per heavy atom. The summed E-state index contributed by atoms with van der Waals surface area (Å²) in [5, 5.41) is 11.2. The van der Waals surface area contributed by atoms with E-state index >= 15 is 0 Å². The summed E-state index contributed by atoms with van der Waals surface area (Å²) < 4.78 is 6.16. The molecule has 4 heteroatoms. The van der Waals surface area contributed by atoms with E-state index in [2.05, 4.69) is 30.3 Å². The predicted molar refractivity (Wildman–Crippen MR) is 115 cm³/mol. The largest absolute Gasteiger partial charge is 0.427 e. The average Bonchev–Trinajstić information content (AvgIpc) is 2.79. The lowest BCUT2D eigenvalue weighted by Gasteiger charge is -2.38. The van der Waals surface area contributed by atoms with Crippen LogP contribution in [0.5, 0.6) is 0 Å². The number of rotatable bonds is 5. The molecule has 2 nitrogen and oxygen atoms in total. The van der Waals surface area contributed by atoms with Gasteiger partial charge in [0.25, 0.3) is 0 Å². The second-order valence-electron chi connectivity index (χ2n) is 8.19. The number of aliphatic hydroxyl groups is 1. The molecule has 0 bridgehead atoms. The SMILES string of the molecule is CC(C)(O)C(C)(C)O[B]C1=C(c2ccccc2Cl)CCCc2ccccc21. The van der Waals surface area contributed by atoms with Gasteiger partial charge >= 0.3 is 7.48 Å². The smallest absolute Gasteiger partial charge is 0.331 e. The monoisotopic (exact) mass is 381 g/mol. The van der Waals surface area contributed by atoms with Crippen LogP contribution in [0.1, 0.15) is 57.2 Å². The maximum absolute atomic E-state index is 10.5. The fourth-order valence-corrected chi connectivity index (χ4v) is 3.47. The van der Waals surface area contributed by atoms with Crippen LogP contribution >= 0.6 is 11.6 Å². The third-order valence-corrected chi connectivity index (χ3v) is 5.98. The lowest BCUT2D eigenvalue weighted by Crippen LogP contribution is -2.48. The van der Waals surface area contributed by atoms with Crippen molar-refractivity contribution < 1.29 is 9.76 Å².